The zero-order valence-corrected chi connectivity index (χ0v) is 10.7. The van der Waals surface area contributed by atoms with E-state index < -0.39 is 11.6 Å². The van der Waals surface area contributed by atoms with E-state index in [4.69, 9.17) is 0 Å². The molecule has 0 aliphatic heterocycles. The molecule has 0 amide bonds. The summed E-state index contributed by atoms with van der Waals surface area (Å²) in [4.78, 5) is 4.29. The minimum absolute atomic E-state index is 0.158. The van der Waals surface area contributed by atoms with Crippen LogP contribution in [0.25, 0.3) is 16.9 Å². The molecule has 3 aromatic rings. The SMILES string of the molecule is Fc1cccc(-c2cn3cccc(Br)c3n2)c1F. The van der Waals surface area contributed by atoms with Gasteiger partial charge in [-0.05, 0) is 40.2 Å². The van der Waals surface area contributed by atoms with E-state index in [0.717, 1.165) is 10.5 Å². The molecule has 0 aliphatic carbocycles. The molecule has 0 fully saturated rings. The molecule has 3 rings (SSSR count). The molecule has 0 saturated heterocycles. The van der Waals surface area contributed by atoms with Crippen molar-refractivity contribution >= 4 is 21.6 Å². The topological polar surface area (TPSA) is 17.3 Å². The van der Waals surface area contributed by atoms with Crippen molar-refractivity contribution in [1.82, 2.24) is 9.38 Å². The summed E-state index contributed by atoms with van der Waals surface area (Å²) in [6.45, 7) is 0. The highest BCUT2D eigenvalue weighted by molar-refractivity contribution is 9.10. The zero-order chi connectivity index (χ0) is 12.7. The molecule has 0 saturated carbocycles. The van der Waals surface area contributed by atoms with Crippen LogP contribution in [0.2, 0.25) is 0 Å². The Morgan fingerprint density at radius 1 is 1.11 bits per heavy atom. The minimum Gasteiger partial charge on any atom is -0.306 e. The van der Waals surface area contributed by atoms with Crippen molar-refractivity contribution in [2.24, 2.45) is 0 Å². The standard InChI is InChI=1S/C13H7BrF2N2/c14-9-4-2-6-18-7-11(17-13(9)18)8-3-1-5-10(15)12(8)16/h1-7H. The summed E-state index contributed by atoms with van der Waals surface area (Å²) in [5, 5.41) is 0. The minimum atomic E-state index is -0.878. The number of rotatable bonds is 1. The molecule has 5 heteroatoms. The fourth-order valence-electron chi connectivity index (χ4n) is 1.81. The molecule has 90 valence electrons. The Bertz CT molecular complexity index is 737. The maximum atomic E-state index is 13.7. The Morgan fingerprint density at radius 3 is 2.72 bits per heavy atom. The van der Waals surface area contributed by atoms with Crippen LogP contribution in [0.1, 0.15) is 0 Å². The Kier molecular flexibility index (Phi) is 2.63. The fraction of sp³-hybridized carbons (Fsp3) is 0. The average Bonchev–Trinajstić information content (AvgIpc) is 2.78. The normalized spacial score (nSPS) is 11.1. The molecule has 18 heavy (non-hydrogen) atoms. The maximum absolute atomic E-state index is 13.7. The molecule has 0 bridgehead atoms. The van der Waals surface area contributed by atoms with Crippen LogP contribution in [-0.2, 0) is 0 Å². The average molecular weight is 309 g/mol. The molecular formula is C13H7BrF2N2. The molecule has 0 unspecified atom stereocenters. The number of fused-ring (bicyclic) bond motifs is 1. The van der Waals surface area contributed by atoms with Gasteiger partial charge in [0.1, 0.15) is 0 Å². The number of halogens is 3. The molecule has 1 aromatic carbocycles. The molecule has 2 aromatic heterocycles. The molecule has 0 spiro atoms. The summed E-state index contributed by atoms with van der Waals surface area (Å²) >= 11 is 3.36. The molecule has 0 aliphatic rings. The van der Waals surface area contributed by atoms with Crippen molar-refractivity contribution in [1.29, 1.82) is 0 Å². The molecular weight excluding hydrogens is 302 g/mol. The number of pyridine rings is 1. The number of nitrogens with zero attached hydrogens (tertiary/aromatic N) is 2. The maximum Gasteiger partial charge on any atom is 0.168 e. The van der Waals surface area contributed by atoms with Crippen LogP contribution >= 0.6 is 15.9 Å². The third-order valence-electron chi connectivity index (χ3n) is 2.66. The molecule has 2 nitrogen and oxygen atoms in total. The molecule has 0 radical (unpaired) electrons. The quantitative estimate of drug-likeness (QED) is 0.663. The number of benzene rings is 1. The van der Waals surface area contributed by atoms with E-state index in [1.807, 2.05) is 12.1 Å². The second kappa shape index (κ2) is 4.17. The highest BCUT2D eigenvalue weighted by atomic mass is 79.9. The van der Waals surface area contributed by atoms with Gasteiger partial charge in [0, 0.05) is 18.0 Å². The van der Waals surface area contributed by atoms with Gasteiger partial charge >= 0.3 is 0 Å². The predicted octanol–water partition coefficient (Wildman–Crippen LogP) is 4.04. The van der Waals surface area contributed by atoms with Crippen molar-refractivity contribution in [2.75, 3.05) is 0 Å². The van der Waals surface area contributed by atoms with Crippen LogP contribution in [0, 0.1) is 11.6 Å². The Morgan fingerprint density at radius 2 is 1.94 bits per heavy atom. The van der Waals surface area contributed by atoms with Gasteiger partial charge in [0.2, 0.25) is 0 Å². The first-order valence-corrected chi connectivity index (χ1v) is 6.04. The third-order valence-corrected chi connectivity index (χ3v) is 3.28. The van der Waals surface area contributed by atoms with Gasteiger partial charge in [-0.2, -0.15) is 0 Å². The van der Waals surface area contributed by atoms with Crippen LogP contribution in [0.4, 0.5) is 8.78 Å². The monoisotopic (exact) mass is 308 g/mol. The van der Waals surface area contributed by atoms with E-state index >= 15 is 0 Å². The van der Waals surface area contributed by atoms with E-state index in [9.17, 15) is 8.78 Å². The first-order chi connectivity index (χ1) is 8.66. The van der Waals surface area contributed by atoms with E-state index in [2.05, 4.69) is 20.9 Å². The van der Waals surface area contributed by atoms with Crippen molar-refractivity contribution in [2.45, 2.75) is 0 Å². The van der Waals surface area contributed by atoms with Gasteiger partial charge in [-0.25, -0.2) is 13.8 Å². The largest absolute Gasteiger partial charge is 0.306 e. The Hall–Kier alpha value is -1.75. The summed E-state index contributed by atoms with van der Waals surface area (Å²) < 4.78 is 29.4. The van der Waals surface area contributed by atoms with E-state index in [0.29, 0.717) is 11.3 Å². The lowest BCUT2D eigenvalue weighted by Crippen LogP contribution is -1.88. The van der Waals surface area contributed by atoms with Gasteiger partial charge in [0.15, 0.2) is 17.3 Å². The number of imidazole rings is 1. The molecule has 0 N–H and O–H groups in total. The van der Waals surface area contributed by atoms with Crippen molar-refractivity contribution in [3.8, 4) is 11.3 Å². The Balaban J connectivity index is 2.26. The van der Waals surface area contributed by atoms with E-state index in [-0.39, 0.29) is 5.56 Å². The first-order valence-electron chi connectivity index (χ1n) is 5.24. The lowest BCUT2D eigenvalue weighted by molar-refractivity contribution is 0.511. The zero-order valence-electron chi connectivity index (χ0n) is 9.07. The van der Waals surface area contributed by atoms with E-state index in [1.54, 1.807) is 16.8 Å². The van der Waals surface area contributed by atoms with Crippen LogP contribution in [0.3, 0.4) is 0 Å². The lowest BCUT2D eigenvalue weighted by atomic mass is 10.1. The van der Waals surface area contributed by atoms with Gasteiger partial charge in [-0.1, -0.05) is 6.07 Å². The summed E-state index contributed by atoms with van der Waals surface area (Å²) in [5.74, 6) is -1.75. The van der Waals surface area contributed by atoms with Gasteiger partial charge in [-0.3, -0.25) is 0 Å². The smallest absolute Gasteiger partial charge is 0.168 e. The van der Waals surface area contributed by atoms with Gasteiger partial charge in [0.05, 0.1) is 10.2 Å². The van der Waals surface area contributed by atoms with Crippen molar-refractivity contribution in [3.05, 3.63) is 58.8 Å². The summed E-state index contributed by atoms with van der Waals surface area (Å²) in [7, 11) is 0. The molecule has 0 atom stereocenters. The third kappa shape index (κ3) is 1.71. The fourth-order valence-corrected chi connectivity index (χ4v) is 2.26. The van der Waals surface area contributed by atoms with Gasteiger partial charge in [0.25, 0.3) is 0 Å². The first kappa shape index (κ1) is 11.3. The highest BCUT2D eigenvalue weighted by Gasteiger charge is 2.13. The van der Waals surface area contributed by atoms with Crippen LogP contribution < -0.4 is 0 Å². The second-order valence-corrected chi connectivity index (χ2v) is 4.67. The van der Waals surface area contributed by atoms with Gasteiger partial charge in [-0.15, -0.1) is 0 Å². The van der Waals surface area contributed by atoms with Crippen molar-refractivity contribution in [3.63, 3.8) is 0 Å². The highest BCUT2D eigenvalue weighted by Crippen LogP contribution is 2.26. The number of aromatic nitrogens is 2. The summed E-state index contributed by atoms with van der Waals surface area (Å²) in [6, 6.07) is 7.74. The van der Waals surface area contributed by atoms with Crippen LogP contribution in [-0.4, -0.2) is 9.38 Å². The molecule has 2 heterocycles. The number of hydrogen-bond acceptors (Lipinski definition) is 1. The summed E-state index contributed by atoms with van der Waals surface area (Å²) in [5.41, 5.74) is 1.22. The second-order valence-electron chi connectivity index (χ2n) is 3.81. The summed E-state index contributed by atoms with van der Waals surface area (Å²) in [6.07, 6.45) is 3.46. The van der Waals surface area contributed by atoms with E-state index in [1.165, 1.54) is 12.1 Å². The van der Waals surface area contributed by atoms with Crippen LogP contribution in [0.5, 0.6) is 0 Å². The van der Waals surface area contributed by atoms with Gasteiger partial charge < -0.3 is 4.40 Å². The predicted molar refractivity (Wildman–Crippen MR) is 68.2 cm³/mol. The number of hydrogen-bond donors (Lipinski definition) is 0. The lowest BCUT2D eigenvalue weighted by Gasteiger charge is -1.98. The van der Waals surface area contributed by atoms with Crippen molar-refractivity contribution < 1.29 is 8.78 Å². The Labute approximate surface area is 110 Å². The van der Waals surface area contributed by atoms with Crippen LogP contribution in [0.15, 0.2) is 47.2 Å².